The molecule has 0 fully saturated rings. The molecule has 1 unspecified atom stereocenters. The van der Waals surface area contributed by atoms with Crippen LogP contribution in [0.3, 0.4) is 0 Å². The third-order valence-electron chi connectivity index (χ3n) is 4.90. The van der Waals surface area contributed by atoms with E-state index in [4.69, 9.17) is 0 Å². The van der Waals surface area contributed by atoms with Gasteiger partial charge in [0.15, 0.2) is 0 Å². The minimum absolute atomic E-state index is 0.735. The van der Waals surface area contributed by atoms with Crippen LogP contribution in [0, 0.1) is 5.92 Å². The van der Waals surface area contributed by atoms with Crippen molar-refractivity contribution in [2.45, 2.75) is 105 Å². The van der Waals surface area contributed by atoms with Crippen LogP contribution in [0.25, 0.3) is 0 Å². The van der Waals surface area contributed by atoms with E-state index < -0.39 is 0 Å². The number of allylic oxidation sites excluding steroid dienone is 8. The zero-order chi connectivity index (χ0) is 19.8. The quantitative estimate of drug-likeness (QED) is 0.154. The Morgan fingerprint density at radius 3 is 1.85 bits per heavy atom. The van der Waals surface area contributed by atoms with E-state index >= 15 is 0 Å². The molecule has 150 valence electrons. The molecule has 0 saturated carbocycles. The van der Waals surface area contributed by atoms with Crippen LogP contribution in [-0.2, 0) is 0 Å². The van der Waals surface area contributed by atoms with E-state index in [-0.39, 0.29) is 0 Å². The van der Waals surface area contributed by atoms with E-state index in [2.05, 4.69) is 65.8 Å². The van der Waals surface area contributed by atoms with Crippen LogP contribution in [0.4, 0.5) is 0 Å². The molecule has 0 aliphatic heterocycles. The van der Waals surface area contributed by atoms with Gasteiger partial charge in [-0.05, 0) is 27.7 Å². The van der Waals surface area contributed by atoms with Gasteiger partial charge in [-0.25, -0.2) is 0 Å². The standard InChI is InChI=1S/C25H46Ge/c1-21(2)12-10-14-23(5)17-18-25(16-8-7-9-19-26)20-24(6)15-11-13-22(3)4/h12-13,17,20,25H,7-11,14-16,18-19H2,1-6,26H3/b23-17+,24-20+. The monoisotopic (exact) mass is 420 g/mol. The normalized spacial score (nSPS) is 13.6. The number of rotatable bonds is 14. The summed E-state index contributed by atoms with van der Waals surface area (Å²) in [5, 5.41) is 1.51. The van der Waals surface area contributed by atoms with Gasteiger partial charge in [0.2, 0.25) is 0 Å². The zero-order valence-corrected chi connectivity index (χ0v) is 23.2. The Hall–Kier alpha value is -0.497. The van der Waals surface area contributed by atoms with Crippen LogP contribution in [0.1, 0.15) is 99.3 Å². The Morgan fingerprint density at radius 1 is 0.731 bits per heavy atom. The summed E-state index contributed by atoms with van der Waals surface area (Å²) in [5.41, 5.74) is 6.01. The molecule has 1 heteroatoms. The van der Waals surface area contributed by atoms with E-state index in [0.29, 0.717) is 0 Å². The van der Waals surface area contributed by atoms with Gasteiger partial charge in [0, 0.05) is 0 Å². The summed E-state index contributed by atoms with van der Waals surface area (Å²) in [7, 11) is 0. The Labute approximate surface area is 173 Å². The first-order valence-corrected chi connectivity index (χ1v) is 13.9. The van der Waals surface area contributed by atoms with Gasteiger partial charge in [-0.15, -0.1) is 0 Å². The van der Waals surface area contributed by atoms with E-state index in [1.54, 1.807) is 11.1 Å². The molecular weight excluding hydrogens is 373 g/mol. The summed E-state index contributed by atoms with van der Waals surface area (Å²) in [5.74, 6) is 0.735. The molecular formula is C25H46Ge. The molecule has 0 radical (unpaired) electrons. The number of unbranched alkanes of at least 4 members (excludes halogenated alkanes) is 2. The van der Waals surface area contributed by atoms with Gasteiger partial charge in [0.25, 0.3) is 0 Å². The summed E-state index contributed by atoms with van der Waals surface area (Å²) < 4.78 is 0. The second kappa shape index (κ2) is 16.7. The average molecular weight is 419 g/mol. The summed E-state index contributed by atoms with van der Waals surface area (Å²) in [6, 6.07) is 0. The summed E-state index contributed by atoms with van der Waals surface area (Å²) in [4.78, 5) is 0. The number of hydrogen-bond donors (Lipinski definition) is 0. The van der Waals surface area contributed by atoms with Crippen LogP contribution in [0.15, 0.2) is 46.6 Å². The second-order valence-electron chi connectivity index (χ2n) is 8.55. The Balaban J connectivity index is 4.66. The van der Waals surface area contributed by atoms with Gasteiger partial charge in [-0.2, -0.15) is 0 Å². The summed E-state index contributed by atoms with van der Waals surface area (Å²) in [6.45, 7) is 13.4. The third-order valence-corrected chi connectivity index (χ3v) is 6.38. The van der Waals surface area contributed by atoms with Crippen LogP contribution in [0.2, 0.25) is 5.25 Å². The van der Waals surface area contributed by atoms with Crippen LogP contribution in [0.5, 0.6) is 0 Å². The average Bonchev–Trinajstić information content (AvgIpc) is 2.55. The van der Waals surface area contributed by atoms with Gasteiger partial charge >= 0.3 is 140 Å². The maximum absolute atomic E-state index is 2.59. The molecule has 0 spiro atoms. The van der Waals surface area contributed by atoms with Crippen molar-refractivity contribution in [3.05, 3.63) is 46.6 Å². The topological polar surface area (TPSA) is 0 Å². The molecule has 0 bridgehead atoms. The van der Waals surface area contributed by atoms with Crippen molar-refractivity contribution in [3.63, 3.8) is 0 Å². The van der Waals surface area contributed by atoms with Crippen molar-refractivity contribution in [2.75, 3.05) is 0 Å². The van der Waals surface area contributed by atoms with Gasteiger partial charge in [0.1, 0.15) is 0 Å². The predicted molar refractivity (Wildman–Crippen MR) is 126 cm³/mol. The molecule has 0 aromatic carbocycles. The van der Waals surface area contributed by atoms with Crippen molar-refractivity contribution >= 4 is 16.5 Å². The fourth-order valence-electron chi connectivity index (χ4n) is 3.22. The fourth-order valence-corrected chi connectivity index (χ4v) is 4.27. The minimum atomic E-state index is 0.735. The molecule has 26 heavy (non-hydrogen) atoms. The fraction of sp³-hybridized carbons (Fsp3) is 0.680. The molecule has 0 aromatic rings. The molecule has 0 rings (SSSR count). The first-order chi connectivity index (χ1) is 12.3. The van der Waals surface area contributed by atoms with E-state index in [0.717, 1.165) is 22.4 Å². The molecule has 0 amide bonds. The third kappa shape index (κ3) is 16.9. The SMILES string of the molecule is CC(C)=CCC/C(C)=C/CC(/C=C(\C)CCC=C(C)C)CCCC[CH2][GeH3]. The molecule has 0 aliphatic carbocycles. The Kier molecular flexibility index (Phi) is 16.3. The Bertz CT molecular complexity index is 468. The van der Waals surface area contributed by atoms with E-state index in [9.17, 15) is 0 Å². The van der Waals surface area contributed by atoms with Gasteiger partial charge in [-0.3, -0.25) is 0 Å². The molecule has 0 aromatic heterocycles. The summed E-state index contributed by atoms with van der Waals surface area (Å²) in [6.07, 6.45) is 21.5. The molecule has 0 N–H and O–H groups in total. The van der Waals surface area contributed by atoms with E-state index in [1.807, 2.05) is 0 Å². The second-order valence-corrected chi connectivity index (χ2v) is 10.6. The van der Waals surface area contributed by atoms with Crippen molar-refractivity contribution in [3.8, 4) is 0 Å². The van der Waals surface area contributed by atoms with Gasteiger partial charge in [-0.1, -0.05) is 5.57 Å². The summed E-state index contributed by atoms with van der Waals surface area (Å²) >= 11 is 1.04. The molecule has 0 nitrogen and oxygen atoms in total. The first kappa shape index (κ1) is 25.5. The number of hydrogen-bond acceptors (Lipinski definition) is 0. The first-order valence-electron chi connectivity index (χ1n) is 10.9. The molecule has 0 heterocycles. The van der Waals surface area contributed by atoms with E-state index in [1.165, 1.54) is 74.2 Å². The predicted octanol–water partition coefficient (Wildman–Crippen LogP) is 7.72. The van der Waals surface area contributed by atoms with Gasteiger partial charge in [0.05, 0.1) is 0 Å². The zero-order valence-electron chi connectivity index (χ0n) is 19.0. The van der Waals surface area contributed by atoms with Crippen molar-refractivity contribution < 1.29 is 0 Å². The van der Waals surface area contributed by atoms with Crippen molar-refractivity contribution in [1.82, 2.24) is 0 Å². The maximum atomic E-state index is 2.59. The van der Waals surface area contributed by atoms with Crippen molar-refractivity contribution in [2.24, 2.45) is 5.92 Å². The van der Waals surface area contributed by atoms with Crippen molar-refractivity contribution in [1.29, 1.82) is 0 Å². The van der Waals surface area contributed by atoms with Crippen LogP contribution in [-0.4, -0.2) is 16.5 Å². The Morgan fingerprint density at radius 2 is 1.31 bits per heavy atom. The molecule has 1 atom stereocenters. The van der Waals surface area contributed by atoms with Crippen LogP contribution < -0.4 is 0 Å². The van der Waals surface area contributed by atoms with Gasteiger partial charge < -0.3 is 0 Å². The molecule has 0 aliphatic rings. The molecule has 0 saturated heterocycles. The van der Waals surface area contributed by atoms with Crippen LogP contribution >= 0.6 is 0 Å².